The van der Waals surface area contributed by atoms with Crippen molar-refractivity contribution in [3.05, 3.63) is 41.4 Å². The second kappa shape index (κ2) is 7.46. The van der Waals surface area contributed by atoms with Crippen molar-refractivity contribution in [1.82, 2.24) is 9.97 Å². The summed E-state index contributed by atoms with van der Waals surface area (Å²) in [5.74, 6) is 0.297. The second-order valence-electron chi connectivity index (χ2n) is 5.62. The lowest BCUT2D eigenvalue weighted by Crippen LogP contribution is -2.45. The van der Waals surface area contributed by atoms with Crippen LogP contribution in [0.25, 0.3) is 0 Å². The average Bonchev–Trinajstić information content (AvgIpc) is 2.54. The maximum Gasteiger partial charge on any atom is 0.222 e. The van der Waals surface area contributed by atoms with E-state index in [-0.39, 0.29) is 23.7 Å². The van der Waals surface area contributed by atoms with Crippen LogP contribution < -0.4 is 11.1 Å². The van der Waals surface area contributed by atoms with E-state index >= 15 is 0 Å². The number of aromatic nitrogens is 2. The largest absolute Gasteiger partial charge is 0.350 e. The molecule has 1 heterocycles. The number of carbonyl (C=O) groups is 1. The highest BCUT2D eigenvalue weighted by atomic mass is 35.5. The van der Waals surface area contributed by atoms with Crippen molar-refractivity contribution in [2.45, 2.75) is 41.1 Å². The molecule has 2 unspecified atom stereocenters. The van der Waals surface area contributed by atoms with E-state index in [1.807, 2.05) is 0 Å². The van der Waals surface area contributed by atoms with E-state index in [0.717, 1.165) is 9.79 Å². The Morgan fingerprint density at radius 1 is 1.33 bits per heavy atom. The number of rotatable bonds is 4. The van der Waals surface area contributed by atoms with Crippen molar-refractivity contribution in [2.75, 3.05) is 5.32 Å². The summed E-state index contributed by atoms with van der Waals surface area (Å²) >= 11 is 7.37. The number of nitrogens with zero attached hydrogens (tertiary/aromatic N) is 2. The van der Waals surface area contributed by atoms with Crippen molar-refractivity contribution in [2.24, 2.45) is 5.73 Å². The average molecular weight is 367 g/mol. The molecule has 3 rings (SSSR count). The number of anilines is 1. The third kappa shape index (κ3) is 4.23. The molecule has 0 bridgehead atoms. The van der Waals surface area contributed by atoms with Crippen LogP contribution in [0, 0.1) is 5.82 Å². The smallest absolute Gasteiger partial charge is 0.222 e. The van der Waals surface area contributed by atoms with E-state index in [1.165, 1.54) is 23.9 Å². The van der Waals surface area contributed by atoms with E-state index in [0.29, 0.717) is 30.2 Å². The number of hydrogen-bond acceptors (Lipinski definition) is 6. The van der Waals surface area contributed by atoms with E-state index in [4.69, 9.17) is 17.3 Å². The van der Waals surface area contributed by atoms with E-state index in [1.54, 1.807) is 18.5 Å². The Hall–Kier alpha value is -1.70. The number of ketones is 1. The molecular formula is C16H16ClFN4OS. The first kappa shape index (κ1) is 17.1. The van der Waals surface area contributed by atoms with Gasteiger partial charge in [-0.15, -0.1) is 0 Å². The minimum atomic E-state index is -0.373. The zero-order valence-electron chi connectivity index (χ0n) is 12.7. The molecule has 2 atom stereocenters. The van der Waals surface area contributed by atoms with Crippen LogP contribution in [0.4, 0.5) is 10.3 Å². The van der Waals surface area contributed by atoms with Crippen LogP contribution in [0.2, 0.25) is 5.02 Å². The third-order valence-corrected chi connectivity index (χ3v) is 5.23. The molecule has 1 aromatic carbocycles. The molecular weight excluding hydrogens is 351 g/mol. The molecule has 0 radical (unpaired) electrons. The van der Waals surface area contributed by atoms with Crippen molar-refractivity contribution < 1.29 is 9.18 Å². The van der Waals surface area contributed by atoms with Crippen LogP contribution >= 0.6 is 23.4 Å². The standard InChI is InChI=1S/C16H16ClFN4OS/c17-12-5-9(18)1-4-15(12)24-11-7-20-16(21-8-11)22-14-3-2-10(23)6-13(14)19/h1,4-5,7-8,13-14H,2-3,6,19H2,(H,20,21,22). The van der Waals surface area contributed by atoms with Gasteiger partial charge in [0.1, 0.15) is 11.6 Å². The van der Waals surface area contributed by atoms with E-state index in [2.05, 4.69) is 15.3 Å². The van der Waals surface area contributed by atoms with Gasteiger partial charge in [-0.2, -0.15) is 0 Å². The third-order valence-electron chi connectivity index (χ3n) is 3.78. The molecule has 0 saturated heterocycles. The van der Waals surface area contributed by atoms with Crippen LogP contribution in [0.5, 0.6) is 0 Å². The number of benzene rings is 1. The maximum atomic E-state index is 13.1. The topological polar surface area (TPSA) is 80.9 Å². The number of hydrogen-bond donors (Lipinski definition) is 2. The van der Waals surface area contributed by atoms with Crippen molar-refractivity contribution in [3.8, 4) is 0 Å². The monoisotopic (exact) mass is 366 g/mol. The van der Waals surface area contributed by atoms with Gasteiger partial charge >= 0.3 is 0 Å². The van der Waals surface area contributed by atoms with Crippen molar-refractivity contribution in [1.29, 1.82) is 0 Å². The molecule has 3 N–H and O–H groups in total. The lowest BCUT2D eigenvalue weighted by atomic mass is 9.90. The van der Waals surface area contributed by atoms with E-state index < -0.39 is 0 Å². The summed E-state index contributed by atoms with van der Waals surface area (Å²) < 4.78 is 13.1. The summed E-state index contributed by atoms with van der Waals surface area (Å²) in [7, 11) is 0. The molecule has 24 heavy (non-hydrogen) atoms. The normalized spacial score (nSPS) is 20.9. The number of carbonyl (C=O) groups excluding carboxylic acids is 1. The summed E-state index contributed by atoms with van der Waals surface area (Å²) in [6.07, 6.45) is 4.93. The Kier molecular flexibility index (Phi) is 5.33. The van der Waals surface area contributed by atoms with Gasteiger partial charge < -0.3 is 11.1 Å². The number of halogens is 2. The maximum absolute atomic E-state index is 13.1. The molecule has 0 aliphatic heterocycles. The van der Waals surface area contributed by atoms with Gasteiger partial charge in [-0.25, -0.2) is 14.4 Å². The summed E-state index contributed by atoms with van der Waals surface area (Å²) in [5, 5.41) is 3.52. The fourth-order valence-corrected chi connectivity index (χ4v) is 3.55. The molecule has 1 aliphatic carbocycles. The lowest BCUT2D eigenvalue weighted by Gasteiger charge is -2.28. The van der Waals surface area contributed by atoms with Crippen molar-refractivity contribution in [3.63, 3.8) is 0 Å². The van der Waals surface area contributed by atoms with Gasteiger partial charge in [0.05, 0.1) is 5.02 Å². The highest BCUT2D eigenvalue weighted by molar-refractivity contribution is 7.99. The minimum absolute atomic E-state index is 0.00672. The molecule has 1 aliphatic rings. The fraction of sp³-hybridized carbons (Fsp3) is 0.312. The highest BCUT2D eigenvalue weighted by Gasteiger charge is 2.26. The number of nitrogens with two attached hydrogens (primary N) is 1. The summed E-state index contributed by atoms with van der Waals surface area (Å²) in [5.41, 5.74) is 5.99. The molecule has 5 nitrogen and oxygen atoms in total. The predicted octanol–water partition coefficient (Wildman–Crippen LogP) is 3.28. The van der Waals surface area contributed by atoms with Crippen LogP contribution in [-0.4, -0.2) is 27.8 Å². The Morgan fingerprint density at radius 3 is 2.75 bits per heavy atom. The van der Waals surface area contributed by atoms with Gasteiger partial charge in [-0.1, -0.05) is 23.4 Å². The number of nitrogens with one attached hydrogen (secondary N) is 1. The number of Topliss-reactive ketones (excluding diaryl/α,β-unsaturated/α-hetero) is 1. The molecule has 0 spiro atoms. The summed E-state index contributed by atoms with van der Waals surface area (Å²) in [4.78, 5) is 21.4. The van der Waals surface area contributed by atoms with Crippen LogP contribution in [-0.2, 0) is 4.79 Å². The van der Waals surface area contributed by atoms with Gasteiger partial charge in [0, 0.05) is 47.1 Å². The Balaban J connectivity index is 1.64. The van der Waals surface area contributed by atoms with Gasteiger partial charge in [0.2, 0.25) is 5.95 Å². The lowest BCUT2D eigenvalue weighted by molar-refractivity contribution is -0.120. The zero-order chi connectivity index (χ0) is 17.1. The SMILES string of the molecule is NC1CC(=O)CCC1Nc1ncc(Sc2ccc(F)cc2Cl)cn1. The molecule has 0 amide bonds. The zero-order valence-corrected chi connectivity index (χ0v) is 14.3. The molecule has 8 heteroatoms. The van der Waals surface area contributed by atoms with Gasteiger partial charge in [0.25, 0.3) is 0 Å². The van der Waals surface area contributed by atoms with Crippen molar-refractivity contribution >= 4 is 35.1 Å². The molecule has 2 aromatic rings. The Morgan fingerprint density at radius 2 is 2.08 bits per heavy atom. The summed E-state index contributed by atoms with van der Waals surface area (Å²) in [6.45, 7) is 0. The molecule has 1 fully saturated rings. The first-order valence-electron chi connectivity index (χ1n) is 7.50. The minimum Gasteiger partial charge on any atom is -0.350 e. The van der Waals surface area contributed by atoms with Gasteiger partial charge in [0.15, 0.2) is 0 Å². The van der Waals surface area contributed by atoms with Gasteiger partial charge in [-0.3, -0.25) is 4.79 Å². The first-order chi connectivity index (χ1) is 11.5. The molecule has 126 valence electrons. The predicted molar refractivity (Wildman–Crippen MR) is 91.8 cm³/mol. The Bertz CT molecular complexity index is 743. The molecule has 1 saturated carbocycles. The quantitative estimate of drug-likeness (QED) is 0.864. The first-order valence-corrected chi connectivity index (χ1v) is 8.69. The van der Waals surface area contributed by atoms with Crippen LogP contribution in [0.15, 0.2) is 40.4 Å². The van der Waals surface area contributed by atoms with Crippen LogP contribution in [0.1, 0.15) is 19.3 Å². The summed E-state index contributed by atoms with van der Waals surface area (Å²) in [6, 6.07) is 4.02. The van der Waals surface area contributed by atoms with Crippen LogP contribution in [0.3, 0.4) is 0 Å². The fourth-order valence-electron chi connectivity index (χ4n) is 2.51. The molecule has 1 aromatic heterocycles. The van der Waals surface area contributed by atoms with Gasteiger partial charge in [-0.05, 0) is 24.6 Å². The highest BCUT2D eigenvalue weighted by Crippen LogP contribution is 2.33. The second-order valence-corrected chi connectivity index (χ2v) is 7.14. The Labute approximate surface area is 148 Å². The van der Waals surface area contributed by atoms with E-state index in [9.17, 15) is 9.18 Å².